The molecule has 4 nitrogen and oxygen atoms in total. The van der Waals surface area contributed by atoms with Crippen molar-refractivity contribution in [3.63, 3.8) is 0 Å². The van der Waals surface area contributed by atoms with Crippen molar-refractivity contribution >= 4 is 0 Å². The number of aliphatic hydroxyl groups is 2. The van der Waals surface area contributed by atoms with Crippen molar-refractivity contribution < 1.29 is 10.2 Å². The van der Waals surface area contributed by atoms with E-state index in [4.69, 9.17) is 11.5 Å². The second kappa shape index (κ2) is 23.9. The van der Waals surface area contributed by atoms with Crippen LogP contribution in [0.5, 0.6) is 0 Å². The van der Waals surface area contributed by atoms with E-state index in [2.05, 4.69) is 66.8 Å². The van der Waals surface area contributed by atoms with E-state index >= 15 is 0 Å². The molecule has 0 amide bonds. The van der Waals surface area contributed by atoms with E-state index < -0.39 is 12.2 Å². The number of allylic oxidation sites excluding steroid dienone is 14. The first-order valence-corrected chi connectivity index (χ1v) is 12.6. The Morgan fingerprint density at radius 1 is 0.471 bits per heavy atom. The third-order valence-electron chi connectivity index (χ3n) is 4.89. The summed E-state index contributed by atoms with van der Waals surface area (Å²) in [6.45, 7) is 3.59. The van der Waals surface area contributed by atoms with E-state index in [0.29, 0.717) is 0 Å². The SMILES string of the molecule is C[C@H](N)[C@@H](O)/C=C/C=C/CC/C=C\C/C=C\C/C=C\C/C=C\C/C=C\CC/C=C/[C@H](O)[C@H](C)N. The Morgan fingerprint density at radius 2 is 0.824 bits per heavy atom. The minimum absolute atomic E-state index is 0.217. The second-order valence-corrected chi connectivity index (χ2v) is 8.40. The average molecular weight is 469 g/mol. The quantitative estimate of drug-likeness (QED) is 0.107. The summed E-state index contributed by atoms with van der Waals surface area (Å²) in [6, 6.07) is -0.454. The largest absolute Gasteiger partial charge is 0.387 e. The molecule has 0 fully saturated rings. The van der Waals surface area contributed by atoms with Crippen LogP contribution in [-0.2, 0) is 0 Å². The molecule has 0 aromatic heterocycles. The van der Waals surface area contributed by atoms with Gasteiger partial charge in [0.2, 0.25) is 0 Å². The summed E-state index contributed by atoms with van der Waals surface area (Å²) < 4.78 is 0. The van der Waals surface area contributed by atoms with Crippen LogP contribution in [0.25, 0.3) is 0 Å². The maximum atomic E-state index is 9.56. The number of hydrogen-bond acceptors (Lipinski definition) is 4. The topological polar surface area (TPSA) is 92.5 Å². The summed E-state index contributed by atoms with van der Waals surface area (Å²) in [4.78, 5) is 0. The highest BCUT2D eigenvalue weighted by molar-refractivity contribution is 5.07. The molecule has 0 aliphatic rings. The lowest BCUT2D eigenvalue weighted by Gasteiger charge is -2.08. The van der Waals surface area contributed by atoms with Gasteiger partial charge in [-0.1, -0.05) is 97.2 Å². The first kappa shape index (κ1) is 31.8. The number of nitrogens with two attached hydrogens (primary N) is 2. The maximum Gasteiger partial charge on any atom is 0.0872 e. The molecule has 190 valence electrons. The van der Waals surface area contributed by atoms with E-state index in [1.807, 2.05) is 18.2 Å². The predicted octanol–water partition coefficient (Wildman–Crippen LogP) is 5.97. The summed E-state index contributed by atoms with van der Waals surface area (Å²) in [5, 5.41) is 19.1. The van der Waals surface area contributed by atoms with E-state index in [-0.39, 0.29) is 12.1 Å². The van der Waals surface area contributed by atoms with Crippen molar-refractivity contribution in [2.45, 2.75) is 89.5 Å². The molecule has 0 aromatic rings. The summed E-state index contributed by atoms with van der Waals surface area (Å²) >= 11 is 0. The Hall–Kier alpha value is -2.24. The van der Waals surface area contributed by atoms with Crippen LogP contribution >= 0.6 is 0 Å². The van der Waals surface area contributed by atoms with Gasteiger partial charge in [-0.15, -0.1) is 0 Å². The Morgan fingerprint density at radius 3 is 1.26 bits per heavy atom. The van der Waals surface area contributed by atoms with Crippen molar-refractivity contribution in [2.24, 2.45) is 11.5 Å². The van der Waals surface area contributed by atoms with Gasteiger partial charge >= 0.3 is 0 Å². The zero-order valence-electron chi connectivity index (χ0n) is 21.3. The Bertz CT molecular complexity index is 695. The number of hydrogen-bond donors (Lipinski definition) is 4. The van der Waals surface area contributed by atoms with Crippen molar-refractivity contribution in [3.05, 3.63) is 97.2 Å². The monoisotopic (exact) mass is 468 g/mol. The summed E-state index contributed by atoms with van der Waals surface area (Å²) in [6.07, 6.45) is 39.9. The van der Waals surface area contributed by atoms with Gasteiger partial charge in [-0.05, 0) is 65.2 Å². The van der Waals surface area contributed by atoms with E-state index in [1.54, 1.807) is 26.0 Å². The molecule has 0 unspecified atom stereocenters. The van der Waals surface area contributed by atoms with Gasteiger partial charge in [0.25, 0.3) is 0 Å². The fraction of sp³-hybridized carbons (Fsp3) is 0.467. The lowest BCUT2D eigenvalue weighted by molar-refractivity contribution is 0.198. The van der Waals surface area contributed by atoms with Crippen molar-refractivity contribution in [3.8, 4) is 0 Å². The minimum Gasteiger partial charge on any atom is -0.387 e. The third kappa shape index (κ3) is 22.9. The van der Waals surface area contributed by atoms with Gasteiger partial charge in [0.15, 0.2) is 0 Å². The first-order chi connectivity index (χ1) is 16.4. The summed E-state index contributed by atoms with van der Waals surface area (Å²) in [5.74, 6) is 0. The molecular formula is C30H48N2O2. The lowest BCUT2D eigenvalue weighted by atomic mass is 10.1. The molecule has 0 spiro atoms. The molecule has 0 aliphatic carbocycles. The van der Waals surface area contributed by atoms with Crippen LogP contribution in [0.4, 0.5) is 0 Å². The van der Waals surface area contributed by atoms with E-state index in [0.717, 1.165) is 51.4 Å². The standard InChI is InChI=1S/C30H48N2O2/c1-27(31)29(33)25-23-21-19-17-15-13-11-9-7-5-3-4-6-8-10-12-14-16-18-20-22-24-26-30(34)28(2)32/h3,5-6,8-9,11-12,14-15,17,20,22-30,33-34H,4,7,10,13,16,18-19,21,31-32H2,1-2H3/b5-3-,8-6-,11-9-,14-12-,17-15-,22-20+,25-23+,26-24+/t27-,28-,29-,30-/m0/s1. The van der Waals surface area contributed by atoms with Gasteiger partial charge in [-0.3, -0.25) is 0 Å². The molecule has 4 atom stereocenters. The summed E-state index contributed by atoms with van der Waals surface area (Å²) in [5.41, 5.74) is 11.2. The maximum absolute atomic E-state index is 9.56. The van der Waals surface area contributed by atoms with Crippen molar-refractivity contribution in [1.82, 2.24) is 0 Å². The highest BCUT2D eigenvalue weighted by Crippen LogP contribution is 2.00. The molecule has 6 N–H and O–H groups in total. The highest BCUT2D eigenvalue weighted by atomic mass is 16.3. The molecule has 0 saturated heterocycles. The fourth-order valence-corrected chi connectivity index (χ4v) is 2.64. The van der Waals surface area contributed by atoms with Crippen LogP contribution in [0.1, 0.15) is 65.2 Å². The van der Waals surface area contributed by atoms with Crippen LogP contribution in [0.2, 0.25) is 0 Å². The highest BCUT2D eigenvalue weighted by Gasteiger charge is 2.03. The molecule has 0 rings (SSSR count). The zero-order valence-corrected chi connectivity index (χ0v) is 21.3. The lowest BCUT2D eigenvalue weighted by Crippen LogP contribution is -2.29. The molecule has 4 heteroatoms. The van der Waals surface area contributed by atoms with Gasteiger partial charge < -0.3 is 21.7 Å². The summed E-state index contributed by atoms with van der Waals surface area (Å²) in [7, 11) is 0. The number of aliphatic hydroxyl groups excluding tert-OH is 2. The normalized spacial score (nSPS) is 17.2. The molecular weight excluding hydrogens is 420 g/mol. The van der Waals surface area contributed by atoms with Gasteiger partial charge in [0.1, 0.15) is 0 Å². The average Bonchev–Trinajstić information content (AvgIpc) is 2.81. The number of unbranched alkanes of at least 4 members (excludes halogenated alkanes) is 2. The second-order valence-electron chi connectivity index (χ2n) is 8.40. The first-order valence-electron chi connectivity index (χ1n) is 12.6. The van der Waals surface area contributed by atoms with Gasteiger partial charge in [0, 0.05) is 12.1 Å². The minimum atomic E-state index is -0.581. The van der Waals surface area contributed by atoms with Crippen molar-refractivity contribution in [2.75, 3.05) is 0 Å². The zero-order chi connectivity index (χ0) is 25.3. The van der Waals surface area contributed by atoms with Gasteiger partial charge in [0.05, 0.1) is 12.2 Å². The van der Waals surface area contributed by atoms with Gasteiger partial charge in [-0.25, -0.2) is 0 Å². The van der Waals surface area contributed by atoms with Crippen LogP contribution < -0.4 is 11.5 Å². The van der Waals surface area contributed by atoms with Crippen LogP contribution in [-0.4, -0.2) is 34.5 Å². The molecule has 0 aromatic carbocycles. The molecule has 34 heavy (non-hydrogen) atoms. The smallest absolute Gasteiger partial charge is 0.0872 e. The third-order valence-corrected chi connectivity index (χ3v) is 4.89. The fourth-order valence-electron chi connectivity index (χ4n) is 2.64. The molecule has 0 aliphatic heterocycles. The van der Waals surface area contributed by atoms with E-state index in [1.165, 1.54) is 0 Å². The molecule has 0 saturated carbocycles. The Kier molecular flexibility index (Phi) is 22.3. The molecule has 0 heterocycles. The molecule has 0 bridgehead atoms. The van der Waals surface area contributed by atoms with Crippen LogP contribution in [0, 0.1) is 0 Å². The number of rotatable bonds is 19. The predicted molar refractivity (Wildman–Crippen MR) is 149 cm³/mol. The van der Waals surface area contributed by atoms with Crippen LogP contribution in [0.15, 0.2) is 97.2 Å². The van der Waals surface area contributed by atoms with Crippen molar-refractivity contribution in [1.29, 1.82) is 0 Å². The Labute approximate surface area is 208 Å². The van der Waals surface area contributed by atoms with Gasteiger partial charge in [-0.2, -0.15) is 0 Å². The molecule has 0 radical (unpaired) electrons. The van der Waals surface area contributed by atoms with Crippen LogP contribution in [0.3, 0.4) is 0 Å². The van der Waals surface area contributed by atoms with E-state index in [9.17, 15) is 10.2 Å². The Balaban J connectivity index is 3.65.